The number of allylic oxidation sites excluding steroid dienone is 4. The Bertz CT molecular complexity index is 1100. The molecule has 6 N–H and O–H groups in total. The Balaban J connectivity index is 2.07. The van der Waals surface area contributed by atoms with Crippen molar-refractivity contribution in [2.75, 3.05) is 13.2 Å². The van der Waals surface area contributed by atoms with Gasteiger partial charge in [0.25, 0.3) is 0 Å². The number of hydrogen-bond donors (Lipinski definition) is 6. The van der Waals surface area contributed by atoms with Gasteiger partial charge in [0.15, 0.2) is 6.29 Å². The van der Waals surface area contributed by atoms with Gasteiger partial charge in [0, 0.05) is 6.42 Å². The van der Waals surface area contributed by atoms with Crippen LogP contribution in [0.25, 0.3) is 0 Å². The van der Waals surface area contributed by atoms with E-state index in [0.29, 0.717) is 12.8 Å². The molecule has 0 saturated carbocycles. The van der Waals surface area contributed by atoms with Crippen LogP contribution in [0.1, 0.15) is 284 Å². The standard InChI is InChI=1S/C58H111NO8/c1-3-5-7-9-11-13-15-16-17-18-19-20-21-22-23-24-25-26-27-28-29-30-31-32-33-34-35-36-38-40-42-44-46-48-54(62)59-51(50-66-58-57(65)56(64)55(63)53(49-60)67-58)52(61)47-45-43-41-39-37-14-12-10-8-6-4-2/h19-20,22-23,51-53,55-58,60-61,63-65H,3-18,21,24-50H2,1-2H3,(H,59,62)/b20-19-,23-22-. The molecule has 9 heteroatoms. The van der Waals surface area contributed by atoms with Crippen LogP contribution in [0.15, 0.2) is 24.3 Å². The Morgan fingerprint density at radius 3 is 1.28 bits per heavy atom. The molecular formula is C58H111NO8. The fourth-order valence-corrected chi connectivity index (χ4v) is 9.43. The first-order chi connectivity index (χ1) is 32.8. The van der Waals surface area contributed by atoms with Gasteiger partial charge in [0.05, 0.1) is 25.4 Å². The van der Waals surface area contributed by atoms with Gasteiger partial charge in [0.2, 0.25) is 5.91 Å². The van der Waals surface area contributed by atoms with E-state index in [1.165, 1.54) is 212 Å². The largest absolute Gasteiger partial charge is 0.394 e. The van der Waals surface area contributed by atoms with Crippen molar-refractivity contribution < 1.29 is 39.8 Å². The number of aliphatic hydroxyl groups excluding tert-OH is 5. The van der Waals surface area contributed by atoms with Crippen LogP contribution in [0.5, 0.6) is 0 Å². The van der Waals surface area contributed by atoms with Gasteiger partial charge in [-0.1, -0.05) is 256 Å². The Morgan fingerprint density at radius 1 is 0.507 bits per heavy atom. The van der Waals surface area contributed by atoms with Gasteiger partial charge in [-0.3, -0.25) is 4.79 Å². The summed E-state index contributed by atoms with van der Waals surface area (Å²) in [5, 5.41) is 54.5. The number of amides is 1. The summed E-state index contributed by atoms with van der Waals surface area (Å²) in [6.07, 6.45) is 53.7. The molecule has 1 rings (SSSR count). The van der Waals surface area contributed by atoms with E-state index in [1.807, 2.05) is 0 Å². The summed E-state index contributed by atoms with van der Waals surface area (Å²) < 4.78 is 11.3. The summed E-state index contributed by atoms with van der Waals surface area (Å²) in [7, 11) is 0. The molecule has 0 radical (unpaired) electrons. The number of unbranched alkanes of at least 4 members (excludes halogenated alkanes) is 36. The fourth-order valence-electron chi connectivity index (χ4n) is 9.43. The number of carbonyl (C=O) groups is 1. The molecule has 0 bridgehead atoms. The van der Waals surface area contributed by atoms with Gasteiger partial charge in [0.1, 0.15) is 24.4 Å². The molecule has 1 amide bonds. The van der Waals surface area contributed by atoms with Gasteiger partial charge in [-0.25, -0.2) is 0 Å². The highest BCUT2D eigenvalue weighted by Gasteiger charge is 2.44. The number of aliphatic hydroxyl groups is 5. The van der Waals surface area contributed by atoms with E-state index in [0.717, 1.165) is 44.9 Å². The minimum absolute atomic E-state index is 0.135. The predicted octanol–water partition coefficient (Wildman–Crippen LogP) is 14.2. The van der Waals surface area contributed by atoms with Crippen LogP contribution in [0.2, 0.25) is 0 Å². The maximum absolute atomic E-state index is 13.0. The Labute approximate surface area is 413 Å². The van der Waals surface area contributed by atoms with Gasteiger partial charge < -0.3 is 40.3 Å². The Kier molecular flexibility index (Phi) is 45.9. The van der Waals surface area contributed by atoms with Gasteiger partial charge in [-0.2, -0.15) is 0 Å². The molecule has 0 aromatic heterocycles. The third kappa shape index (κ3) is 38.1. The van der Waals surface area contributed by atoms with Crippen molar-refractivity contribution in [2.45, 2.75) is 326 Å². The van der Waals surface area contributed by atoms with Crippen LogP contribution in [-0.2, 0) is 14.3 Å². The van der Waals surface area contributed by atoms with Crippen LogP contribution in [0.3, 0.4) is 0 Å². The second-order valence-corrected chi connectivity index (χ2v) is 20.4. The number of rotatable bonds is 50. The molecule has 1 aliphatic heterocycles. The van der Waals surface area contributed by atoms with Crippen LogP contribution in [-0.4, -0.2) is 87.5 Å². The second-order valence-electron chi connectivity index (χ2n) is 20.4. The van der Waals surface area contributed by atoms with Gasteiger partial charge in [-0.15, -0.1) is 0 Å². The molecule has 7 atom stereocenters. The Hall–Kier alpha value is -1.33. The molecule has 9 nitrogen and oxygen atoms in total. The zero-order valence-corrected chi connectivity index (χ0v) is 43.9. The third-order valence-corrected chi connectivity index (χ3v) is 14.1. The fraction of sp³-hybridized carbons (Fsp3) is 0.914. The molecule has 396 valence electrons. The summed E-state index contributed by atoms with van der Waals surface area (Å²) in [6, 6.07) is -0.715. The molecule has 0 spiro atoms. The third-order valence-electron chi connectivity index (χ3n) is 14.1. The first kappa shape index (κ1) is 63.7. The molecule has 0 aromatic carbocycles. The monoisotopic (exact) mass is 950 g/mol. The van der Waals surface area contributed by atoms with Crippen molar-refractivity contribution in [3.63, 3.8) is 0 Å². The first-order valence-corrected chi connectivity index (χ1v) is 29.0. The van der Waals surface area contributed by atoms with Crippen LogP contribution < -0.4 is 5.32 Å². The van der Waals surface area contributed by atoms with E-state index in [9.17, 15) is 30.3 Å². The number of ether oxygens (including phenoxy) is 2. The van der Waals surface area contributed by atoms with Gasteiger partial charge in [-0.05, 0) is 44.9 Å². The highest BCUT2D eigenvalue weighted by Crippen LogP contribution is 2.23. The van der Waals surface area contributed by atoms with Crippen LogP contribution >= 0.6 is 0 Å². The van der Waals surface area contributed by atoms with E-state index < -0.39 is 49.5 Å². The summed E-state index contributed by atoms with van der Waals surface area (Å²) in [4.78, 5) is 13.0. The van der Waals surface area contributed by atoms with Crippen LogP contribution in [0.4, 0.5) is 0 Å². The van der Waals surface area contributed by atoms with Crippen LogP contribution in [0, 0.1) is 0 Å². The lowest BCUT2D eigenvalue weighted by molar-refractivity contribution is -0.302. The van der Waals surface area contributed by atoms with E-state index in [1.54, 1.807) is 0 Å². The normalized spacial score (nSPS) is 19.8. The maximum atomic E-state index is 13.0. The Morgan fingerprint density at radius 2 is 0.881 bits per heavy atom. The highest BCUT2D eigenvalue weighted by atomic mass is 16.7. The average Bonchev–Trinajstić information content (AvgIpc) is 3.33. The van der Waals surface area contributed by atoms with Gasteiger partial charge >= 0.3 is 0 Å². The summed E-state index contributed by atoms with van der Waals surface area (Å²) in [5.41, 5.74) is 0. The second kappa shape index (κ2) is 48.3. The van der Waals surface area contributed by atoms with Crippen molar-refractivity contribution in [3.8, 4) is 0 Å². The lowest BCUT2D eigenvalue weighted by atomic mass is 9.99. The summed E-state index contributed by atoms with van der Waals surface area (Å²) >= 11 is 0. The zero-order chi connectivity index (χ0) is 48.7. The van der Waals surface area contributed by atoms with E-state index in [-0.39, 0.29) is 12.5 Å². The highest BCUT2D eigenvalue weighted by molar-refractivity contribution is 5.76. The van der Waals surface area contributed by atoms with Crippen molar-refractivity contribution in [3.05, 3.63) is 24.3 Å². The number of carbonyl (C=O) groups excluding carboxylic acids is 1. The predicted molar refractivity (Wildman–Crippen MR) is 281 cm³/mol. The minimum Gasteiger partial charge on any atom is -0.394 e. The van der Waals surface area contributed by atoms with E-state index in [2.05, 4.69) is 43.5 Å². The molecule has 1 heterocycles. The number of nitrogens with one attached hydrogen (secondary N) is 1. The molecule has 67 heavy (non-hydrogen) atoms. The summed E-state index contributed by atoms with van der Waals surface area (Å²) in [5.74, 6) is -0.142. The first-order valence-electron chi connectivity index (χ1n) is 29.0. The quantitative estimate of drug-likeness (QED) is 0.0261. The topological polar surface area (TPSA) is 149 Å². The minimum atomic E-state index is -1.55. The molecular weight excluding hydrogens is 839 g/mol. The van der Waals surface area contributed by atoms with E-state index >= 15 is 0 Å². The smallest absolute Gasteiger partial charge is 0.220 e. The van der Waals surface area contributed by atoms with Crippen molar-refractivity contribution >= 4 is 5.91 Å². The van der Waals surface area contributed by atoms with Crippen molar-refractivity contribution in [2.24, 2.45) is 0 Å². The molecule has 1 fully saturated rings. The average molecular weight is 951 g/mol. The molecule has 7 unspecified atom stereocenters. The lowest BCUT2D eigenvalue weighted by Gasteiger charge is -2.40. The lowest BCUT2D eigenvalue weighted by Crippen LogP contribution is -2.60. The maximum Gasteiger partial charge on any atom is 0.220 e. The van der Waals surface area contributed by atoms with Crippen molar-refractivity contribution in [1.82, 2.24) is 5.32 Å². The van der Waals surface area contributed by atoms with Crippen molar-refractivity contribution in [1.29, 1.82) is 0 Å². The molecule has 1 saturated heterocycles. The molecule has 0 aliphatic carbocycles. The number of hydrogen-bond acceptors (Lipinski definition) is 8. The summed E-state index contributed by atoms with van der Waals surface area (Å²) in [6.45, 7) is 3.84. The molecule has 0 aromatic rings. The molecule has 1 aliphatic rings. The zero-order valence-electron chi connectivity index (χ0n) is 43.9. The van der Waals surface area contributed by atoms with E-state index in [4.69, 9.17) is 9.47 Å². The SMILES string of the molecule is CCCCCCCCCCC/C=C\C/C=C\CCCCCCCCCCCCCCCCCCCC(=O)NC(COC1OC(CO)C(O)C(O)C1O)C(O)CCCCCCCCCCCCC.